The average molecular weight is 394 g/mol. The summed E-state index contributed by atoms with van der Waals surface area (Å²) in [6.45, 7) is 5.97. The highest BCUT2D eigenvalue weighted by atomic mass is 16.5. The number of para-hydroxylation sites is 1. The maximum Gasteiger partial charge on any atom is 0.319 e. The lowest BCUT2D eigenvalue weighted by atomic mass is 10.1. The number of hydrogen-bond donors (Lipinski definition) is 2. The average Bonchev–Trinajstić information content (AvgIpc) is 3.09. The topological polar surface area (TPSA) is 77.4 Å². The van der Waals surface area contributed by atoms with Gasteiger partial charge in [0.2, 0.25) is 0 Å². The first-order chi connectivity index (χ1) is 13.9. The van der Waals surface area contributed by atoms with E-state index < -0.39 is 0 Å². The summed E-state index contributed by atoms with van der Waals surface area (Å²) in [4.78, 5) is 12.5. The van der Waals surface area contributed by atoms with Gasteiger partial charge in [0, 0.05) is 17.3 Å². The summed E-state index contributed by atoms with van der Waals surface area (Å²) in [6.07, 6.45) is 1.79. The lowest BCUT2D eigenvalue weighted by Crippen LogP contribution is -2.31. The summed E-state index contributed by atoms with van der Waals surface area (Å²) >= 11 is 0. The molecule has 2 aromatic carbocycles. The molecular weight excluding hydrogens is 368 g/mol. The number of carbonyl (C=O) groups is 1. The number of nitrogens with zero attached hydrogens (tertiary/aromatic N) is 2. The molecular formula is C22H26N4O3. The normalized spacial score (nSPS) is 11.6. The first-order valence-electron chi connectivity index (χ1n) is 9.34. The summed E-state index contributed by atoms with van der Waals surface area (Å²) in [6, 6.07) is 12.7. The van der Waals surface area contributed by atoms with E-state index >= 15 is 0 Å². The molecule has 0 aliphatic rings. The number of aromatic nitrogens is 2. The molecule has 152 valence electrons. The fraction of sp³-hybridized carbons (Fsp3) is 0.273. The molecule has 1 atom stereocenters. The molecule has 3 rings (SSSR count). The predicted octanol–water partition coefficient (Wildman–Crippen LogP) is 4.39. The zero-order valence-corrected chi connectivity index (χ0v) is 17.3. The number of hydrogen-bond acceptors (Lipinski definition) is 4. The van der Waals surface area contributed by atoms with Crippen molar-refractivity contribution in [3.8, 4) is 17.2 Å². The van der Waals surface area contributed by atoms with Gasteiger partial charge in [0.1, 0.15) is 11.5 Å². The zero-order chi connectivity index (χ0) is 21.0. The van der Waals surface area contributed by atoms with Gasteiger partial charge in [0.15, 0.2) is 0 Å². The molecule has 7 heteroatoms. The Hall–Kier alpha value is -3.48. The Kier molecular flexibility index (Phi) is 6.07. The highest BCUT2D eigenvalue weighted by molar-refractivity contribution is 5.91. The van der Waals surface area contributed by atoms with Gasteiger partial charge in [-0.25, -0.2) is 9.48 Å². The van der Waals surface area contributed by atoms with Gasteiger partial charge < -0.3 is 20.1 Å². The van der Waals surface area contributed by atoms with Crippen molar-refractivity contribution < 1.29 is 14.3 Å². The fourth-order valence-electron chi connectivity index (χ4n) is 3.23. The van der Waals surface area contributed by atoms with Crippen LogP contribution in [-0.2, 0) is 0 Å². The number of amides is 2. The van der Waals surface area contributed by atoms with Crippen molar-refractivity contribution in [1.82, 2.24) is 15.1 Å². The third-order valence-corrected chi connectivity index (χ3v) is 4.86. The van der Waals surface area contributed by atoms with Crippen LogP contribution in [0.5, 0.6) is 11.5 Å². The van der Waals surface area contributed by atoms with Crippen LogP contribution >= 0.6 is 0 Å². The highest BCUT2D eigenvalue weighted by Crippen LogP contribution is 2.29. The summed E-state index contributed by atoms with van der Waals surface area (Å²) in [7, 11) is 3.12. The van der Waals surface area contributed by atoms with Crippen LogP contribution in [0.2, 0.25) is 0 Å². The molecule has 2 amide bonds. The molecule has 0 fully saturated rings. The lowest BCUT2D eigenvalue weighted by Gasteiger charge is -2.16. The van der Waals surface area contributed by atoms with Crippen LogP contribution in [-0.4, -0.2) is 30.0 Å². The Bertz CT molecular complexity index is 1010. The molecule has 29 heavy (non-hydrogen) atoms. The van der Waals surface area contributed by atoms with Crippen molar-refractivity contribution in [1.29, 1.82) is 0 Å². The van der Waals surface area contributed by atoms with Crippen LogP contribution in [0.1, 0.15) is 29.8 Å². The van der Waals surface area contributed by atoms with E-state index in [1.54, 1.807) is 38.6 Å². The molecule has 0 radical (unpaired) electrons. The number of methoxy groups -OCH3 is 2. The quantitative estimate of drug-likeness (QED) is 0.650. The molecule has 1 heterocycles. The number of ether oxygens (including phenoxy) is 2. The number of benzene rings is 2. The first kappa shape index (κ1) is 20.3. The van der Waals surface area contributed by atoms with Crippen LogP contribution in [0.3, 0.4) is 0 Å². The molecule has 1 aromatic heterocycles. The van der Waals surface area contributed by atoms with E-state index in [0.29, 0.717) is 17.2 Å². The Labute approximate surface area is 170 Å². The van der Waals surface area contributed by atoms with Crippen molar-refractivity contribution in [3.05, 3.63) is 65.5 Å². The monoisotopic (exact) mass is 394 g/mol. The van der Waals surface area contributed by atoms with Crippen molar-refractivity contribution in [2.75, 3.05) is 19.5 Å². The minimum Gasteiger partial charge on any atom is -0.497 e. The molecule has 0 bridgehead atoms. The van der Waals surface area contributed by atoms with E-state index in [9.17, 15) is 4.79 Å². The second kappa shape index (κ2) is 8.68. The van der Waals surface area contributed by atoms with Gasteiger partial charge in [-0.2, -0.15) is 5.10 Å². The molecule has 2 N–H and O–H groups in total. The molecule has 0 unspecified atom stereocenters. The van der Waals surface area contributed by atoms with Crippen molar-refractivity contribution in [2.45, 2.75) is 26.8 Å². The summed E-state index contributed by atoms with van der Waals surface area (Å²) < 4.78 is 12.4. The first-order valence-corrected chi connectivity index (χ1v) is 9.34. The van der Waals surface area contributed by atoms with Crippen LogP contribution in [0.25, 0.3) is 5.69 Å². The van der Waals surface area contributed by atoms with E-state index in [4.69, 9.17) is 9.47 Å². The van der Waals surface area contributed by atoms with Gasteiger partial charge in [-0.05, 0) is 44.5 Å². The van der Waals surface area contributed by atoms with E-state index in [1.165, 1.54) is 0 Å². The number of aryl methyl sites for hydroxylation is 1. The van der Waals surface area contributed by atoms with E-state index in [-0.39, 0.29) is 12.1 Å². The van der Waals surface area contributed by atoms with Crippen molar-refractivity contribution in [2.24, 2.45) is 0 Å². The number of rotatable bonds is 6. The number of carbonyl (C=O) groups excluding carboxylic acids is 1. The smallest absolute Gasteiger partial charge is 0.319 e. The SMILES string of the molecule is COc1ccc(NC(=O)N[C@H](C)c2cnn(-c3ccccc3C)c2C)c(OC)c1. The molecule has 0 aliphatic heterocycles. The fourth-order valence-corrected chi connectivity index (χ4v) is 3.23. The lowest BCUT2D eigenvalue weighted by molar-refractivity contribution is 0.249. The maximum absolute atomic E-state index is 12.5. The third kappa shape index (κ3) is 4.34. The molecule has 0 aliphatic carbocycles. The largest absolute Gasteiger partial charge is 0.497 e. The molecule has 3 aromatic rings. The Morgan fingerprint density at radius 1 is 1.10 bits per heavy atom. The zero-order valence-electron chi connectivity index (χ0n) is 17.3. The standard InChI is InChI=1S/C22H26N4O3/c1-14-8-6-7-9-20(14)26-16(3)18(13-23-26)15(2)24-22(27)25-19-11-10-17(28-4)12-21(19)29-5/h6-13,15H,1-5H3,(H2,24,25,27)/t15-/m1/s1. The Balaban J connectivity index is 1.73. The van der Waals surface area contributed by atoms with Gasteiger partial charge in [-0.15, -0.1) is 0 Å². The predicted molar refractivity (Wildman–Crippen MR) is 113 cm³/mol. The van der Waals surface area contributed by atoms with Gasteiger partial charge >= 0.3 is 6.03 Å². The summed E-state index contributed by atoms with van der Waals surface area (Å²) in [5.41, 5.74) is 4.65. The number of anilines is 1. The van der Waals surface area contributed by atoms with Crippen LogP contribution < -0.4 is 20.1 Å². The van der Waals surface area contributed by atoms with Gasteiger partial charge in [-0.1, -0.05) is 18.2 Å². The second-order valence-electron chi connectivity index (χ2n) is 6.77. The van der Waals surface area contributed by atoms with Crippen LogP contribution in [0, 0.1) is 13.8 Å². The van der Waals surface area contributed by atoms with E-state index in [2.05, 4.69) is 15.7 Å². The molecule has 7 nitrogen and oxygen atoms in total. The summed E-state index contributed by atoms with van der Waals surface area (Å²) in [5, 5.41) is 10.3. The Morgan fingerprint density at radius 2 is 1.86 bits per heavy atom. The van der Waals surface area contributed by atoms with Gasteiger partial charge in [0.25, 0.3) is 0 Å². The van der Waals surface area contributed by atoms with Crippen molar-refractivity contribution in [3.63, 3.8) is 0 Å². The minimum atomic E-state index is -0.330. The van der Waals surface area contributed by atoms with Crippen molar-refractivity contribution >= 4 is 11.7 Å². The van der Waals surface area contributed by atoms with Gasteiger partial charge in [0.05, 0.1) is 37.8 Å². The maximum atomic E-state index is 12.5. The Morgan fingerprint density at radius 3 is 2.55 bits per heavy atom. The molecule has 0 saturated heterocycles. The van der Waals surface area contributed by atoms with Crippen LogP contribution in [0.4, 0.5) is 10.5 Å². The second-order valence-corrected chi connectivity index (χ2v) is 6.77. The highest BCUT2D eigenvalue weighted by Gasteiger charge is 2.18. The molecule has 0 saturated carbocycles. The summed E-state index contributed by atoms with van der Waals surface area (Å²) in [5.74, 6) is 1.18. The van der Waals surface area contributed by atoms with Gasteiger partial charge in [-0.3, -0.25) is 0 Å². The third-order valence-electron chi connectivity index (χ3n) is 4.86. The number of urea groups is 1. The van der Waals surface area contributed by atoms with E-state index in [0.717, 1.165) is 22.5 Å². The van der Waals surface area contributed by atoms with Crippen LogP contribution in [0.15, 0.2) is 48.7 Å². The number of nitrogens with one attached hydrogen (secondary N) is 2. The van der Waals surface area contributed by atoms with E-state index in [1.807, 2.05) is 49.7 Å². The minimum absolute atomic E-state index is 0.225. The molecule has 0 spiro atoms.